The Morgan fingerprint density at radius 2 is 1.67 bits per heavy atom. The average Bonchev–Trinajstić information content (AvgIpc) is 2.62. The van der Waals surface area contributed by atoms with Gasteiger partial charge < -0.3 is 5.32 Å². The van der Waals surface area contributed by atoms with E-state index in [2.05, 4.69) is 10.0 Å². The highest BCUT2D eigenvalue weighted by Gasteiger charge is 2.16. The Kier molecular flexibility index (Phi) is 7.16. The third-order valence-corrected chi connectivity index (χ3v) is 6.11. The molecule has 1 amide bonds. The molecule has 0 saturated heterocycles. The lowest BCUT2D eigenvalue weighted by atomic mass is 10.0. The van der Waals surface area contributed by atoms with Crippen LogP contribution in [0.15, 0.2) is 47.4 Å². The second-order valence-electron chi connectivity index (χ2n) is 6.83. The molecule has 0 aliphatic heterocycles. The summed E-state index contributed by atoms with van der Waals surface area (Å²) in [5.74, 6) is -0.176. The van der Waals surface area contributed by atoms with Crippen molar-refractivity contribution >= 4 is 15.9 Å². The molecule has 0 unspecified atom stereocenters. The second-order valence-corrected chi connectivity index (χ2v) is 8.60. The van der Waals surface area contributed by atoms with E-state index in [0.717, 1.165) is 23.1 Å². The molecule has 2 N–H and O–H groups in total. The number of rotatable bonds is 8. The number of benzene rings is 2. The van der Waals surface area contributed by atoms with Crippen LogP contribution in [0.2, 0.25) is 0 Å². The standard InChI is InChI=1S/C21H28N2O3S/c1-5-20(18-9-6-15(2)7-10-18)23-21(24)12-13-22-27(25,26)19-11-8-16(3)17(4)14-19/h6-11,14,20,22H,5,12-13H2,1-4H3,(H,23,24)/t20-/m0/s1. The molecular formula is C21H28N2O3S. The first-order valence-corrected chi connectivity index (χ1v) is 10.6. The molecule has 0 fully saturated rings. The van der Waals surface area contributed by atoms with Crippen LogP contribution in [-0.4, -0.2) is 20.9 Å². The normalized spacial score (nSPS) is 12.6. The van der Waals surface area contributed by atoms with Crippen molar-refractivity contribution in [1.29, 1.82) is 0 Å². The first-order chi connectivity index (χ1) is 12.7. The fourth-order valence-electron chi connectivity index (χ4n) is 2.75. The van der Waals surface area contributed by atoms with Gasteiger partial charge >= 0.3 is 0 Å². The summed E-state index contributed by atoms with van der Waals surface area (Å²) in [6.45, 7) is 7.89. The Morgan fingerprint density at radius 3 is 2.26 bits per heavy atom. The van der Waals surface area contributed by atoms with E-state index in [1.807, 2.05) is 52.0 Å². The van der Waals surface area contributed by atoms with Crippen molar-refractivity contribution in [3.05, 3.63) is 64.7 Å². The summed E-state index contributed by atoms with van der Waals surface area (Å²) < 4.78 is 27.2. The molecule has 2 aromatic rings. The lowest BCUT2D eigenvalue weighted by Crippen LogP contribution is -2.32. The van der Waals surface area contributed by atoms with Crippen LogP contribution in [-0.2, 0) is 14.8 Å². The molecule has 2 aromatic carbocycles. The Balaban J connectivity index is 1.90. The highest BCUT2D eigenvalue weighted by molar-refractivity contribution is 7.89. The number of aryl methyl sites for hydroxylation is 3. The van der Waals surface area contributed by atoms with Crippen molar-refractivity contribution in [2.75, 3.05) is 6.54 Å². The number of hydrogen-bond donors (Lipinski definition) is 2. The topological polar surface area (TPSA) is 75.3 Å². The molecule has 0 bridgehead atoms. The molecule has 0 radical (unpaired) electrons. The Bertz CT molecular complexity index is 890. The highest BCUT2D eigenvalue weighted by atomic mass is 32.2. The van der Waals surface area contributed by atoms with E-state index in [1.165, 1.54) is 5.56 Å². The van der Waals surface area contributed by atoms with Crippen molar-refractivity contribution in [1.82, 2.24) is 10.0 Å². The molecule has 6 heteroatoms. The van der Waals surface area contributed by atoms with E-state index in [0.29, 0.717) is 0 Å². The summed E-state index contributed by atoms with van der Waals surface area (Å²) in [6, 6.07) is 13.0. The third kappa shape index (κ3) is 5.91. The van der Waals surface area contributed by atoms with E-state index in [-0.39, 0.29) is 29.8 Å². The lowest BCUT2D eigenvalue weighted by molar-refractivity contribution is -0.121. The lowest BCUT2D eigenvalue weighted by Gasteiger charge is -2.18. The summed E-state index contributed by atoms with van der Waals surface area (Å²) >= 11 is 0. The van der Waals surface area contributed by atoms with Gasteiger partial charge in [0, 0.05) is 13.0 Å². The van der Waals surface area contributed by atoms with Gasteiger partial charge in [0.05, 0.1) is 10.9 Å². The van der Waals surface area contributed by atoms with Crippen LogP contribution in [0.3, 0.4) is 0 Å². The number of amides is 1. The molecule has 1 atom stereocenters. The third-order valence-electron chi connectivity index (χ3n) is 4.66. The fourth-order valence-corrected chi connectivity index (χ4v) is 3.87. The van der Waals surface area contributed by atoms with Gasteiger partial charge in [0.2, 0.25) is 15.9 Å². The minimum Gasteiger partial charge on any atom is -0.349 e. The van der Waals surface area contributed by atoms with Gasteiger partial charge in [-0.25, -0.2) is 13.1 Å². The summed E-state index contributed by atoms with van der Waals surface area (Å²) in [5.41, 5.74) is 4.17. The van der Waals surface area contributed by atoms with Gasteiger partial charge in [0.25, 0.3) is 0 Å². The van der Waals surface area contributed by atoms with Crippen LogP contribution < -0.4 is 10.0 Å². The van der Waals surface area contributed by atoms with Crippen LogP contribution in [0.25, 0.3) is 0 Å². The van der Waals surface area contributed by atoms with E-state index in [1.54, 1.807) is 18.2 Å². The van der Waals surface area contributed by atoms with E-state index in [4.69, 9.17) is 0 Å². The number of hydrogen-bond acceptors (Lipinski definition) is 3. The minimum atomic E-state index is -3.62. The quantitative estimate of drug-likeness (QED) is 0.726. The van der Waals surface area contributed by atoms with E-state index in [9.17, 15) is 13.2 Å². The zero-order chi connectivity index (χ0) is 20.0. The van der Waals surface area contributed by atoms with E-state index >= 15 is 0 Å². The summed E-state index contributed by atoms with van der Waals surface area (Å²) in [4.78, 5) is 12.4. The molecule has 0 aliphatic rings. The molecule has 146 valence electrons. The Hall–Kier alpha value is -2.18. The van der Waals surface area contributed by atoms with Crippen molar-refractivity contribution in [2.45, 2.75) is 51.5 Å². The SMILES string of the molecule is CC[C@H](NC(=O)CCNS(=O)(=O)c1ccc(C)c(C)c1)c1ccc(C)cc1. The maximum Gasteiger partial charge on any atom is 0.240 e. The maximum atomic E-state index is 12.4. The molecule has 0 aromatic heterocycles. The number of carbonyl (C=O) groups excluding carboxylic acids is 1. The second kappa shape index (κ2) is 9.15. The van der Waals surface area contributed by atoms with Crippen LogP contribution in [0, 0.1) is 20.8 Å². The molecule has 27 heavy (non-hydrogen) atoms. The van der Waals surface area contributed by atoms with Crippen molar-refractivity contribution < 1.29 is 13.2 Å². The highest BCUT2D eigenvalue weighted by Crippen LogP contribution is 2.17. The summed E-state index contributed by atoms with van der Waals surface area (Å²) in [5, 5.41) is 2.97. The van der Waals surface area contributed by atoms with Gasteiger partial charge in [-0.2, -0.15) is 0 Å². The van der Waals surface area contributed by atoms with Crippen LogP contribution in [0.4, 0.5) is 0 Å². The minimum absolute atomic E-state index is 0.0609. The largest absolute Gasteiger partial charge is 0.349 e. The van der Waals surface area contributed by atoms with Gasteiger partial charge in [-0.15, -0.1) is 0 Å². The molecule has 0 spiro atoms. The van der Waals surface area contributed by atoms with Crippen molar-refractivity contribution in [3.8, 4) is 0 Å². The summed E-state index contributed by atoms with van der Waals surface area (Å²) in [7, 11) is -3.62. The predicted octanol–water partition coefficient (Wildman–Crippen LogP) is 3.55. The zero-order valence-electron chi connectivity index (χ0n) is 16.4. The molecule has 0 saturated carbocycles. The van der Waals surface area contributed by atoms with Gasteiger partial charge in [0.15, 0.2) is 0 Å². The summed E-state index contributed by atoms with van der Waals surface area (Å²) in [6.07, 6.45) is 0.857. The smallest absolute Gasteiger partial charge is 0.240 e. The number of nitrogens with one attached hydrogen (secondary N) is 2. The monoisotopic (exact) mass is 388 g/mol. The first kappa shape index (κ1) is 21.1. The van der Waals surface area contributed by atoms with Gasteiger partial charge in [0.1, 0.15) is 0 Å². The Labute approximate surface area is 162 Å². The van der Waals surface area contributed by atoms with Gasteiger partial charge in [-0.1, -0.05) is 42.8 Å². The van der Waals surface area contributed by atoms with Crippen molar-refractivity contribution in [3.63, 3.8) is 0 Å². The van der Waals surface area contributed by atoms with Crippen LogP contribution in [0.5, 0.6) is 0 Å². The van der Waals surface area contributed by atoms with E-state index < -0.39 is 10.0 Å². The average molecular weight is 389 g/mol. The molecule has 5 nitrogen and oxygen atoms in total. The van der Waals surface area contributed by atoms with Crippen LogP contribution >= 0.6 is 0 Å². The van der Waals surface area contributed by atoms with Gasteiger partial charge in [-0.05, 0) is 56.0 Å². The number of sulfonamides is 1. The molecule has 2 rings (SSSR count). The molecular weight excluding hydrogens is 360 g/mol. The number of carbonyl (C=O) groups is 1. The predicted molar refractivity (Wildman–Crippen MR) is 108 cm³/mol. The van der Waals surface area contributed by atoms with Crippen molar-refractivity contribution in [2.24, 2.45) is 0 Å². The Morgan fingerprint density at radius 1 is 1.00 bits per heavy atom. The first-order valence-electron chi connectivity index (χ1n) is 9.15. The van der Waals surface area contributed by atoms with Gasteiger partial charge in [-0.3, -0.25) is 4.79 Å². The van der Waals surface area contributed by atoms with Crippen LogP contribution in [0.1, 0.15) is 48.1 Å². The fraction of sp³-hybridized carbons (Fsp3) is 0.381. The molecule has 0 aliphatic carbocycles. The molecule has 0 heterocycles. The zero-order valence-corrected chi connectivity index (χ0v) is 17.2. The maximum absolute atomic E-state index is 12.4.